The van der Waals surface area contributed by atoms with Crippen molar-refractivity contribution in [1.82, 2.24) is 29.8 Å². The molecule has 11 aromatic rings. The fourth-order valence-corrected chi connectivity index (χ4v) is 14.9. The van der Waals surface area contributed by atoms with Gasteiger partial charge in [0.15, 0.2) is 5.82 Å². The molecule has 14 heteroatoms. The number of halogens is 1. The van der Waals surface area contributed by atoms with Crippen LogP contribution in [0.5, 0.6) is 0 Å². The molecule has 496 valence electrons. The highest BCUT2D eigenvalue weighted by Crippen LogP contribution is 2.42. The molecular formula is C85H84BrN13. The Bertz CT molecular complexity index is 4620. The van der Waals surface area contributed by atoms with Crippen LogP contribution in [0.2, 0.25) is 0 Å². The summed E-state index contributed by atoms with van der Waals surface area (Å²) in [6, 6.07) is 77.1. The van der Waals surface area contributed by atoms with Crippen LogP contribution in [0.25, 0.3) is 55.4 Å². The third-order valence-electron chi connectivity index (χ3n) is 19.8. The molecule has 99 heavy (non-hydrogen) atoms. The first-order chi connectivity index (χ1) is 48.5. The van der Waals surface area contributed by atoms with Crippen LogP contribution in [0.3, 0.4) is 0 Å². The van der Waals surface area contributed by atoms with Gasteiger partial charge in [-0.15, -0.1) is 0 Å². The summed E-state index contributed by atoms with van der Waals surface area (Å²) in [7, 11) is 0. The third kappa shape index (κ3) is 15.2. The number of nitrogen functional groups attached to an aromatic ring is 2. The molecule has 0 saturated heterocycles. The number of nitriles is 3. The van der Waals surface area contributed by atoms with Crippen LogP contribution in [0.1, 0.15) is 100 Å². The number of hydrogen-bond donors (Lipinski definition) is 4. The second-order valence-electron chi connectivity index (χ2n) is 25.4. The van der Waals surface area contributed by atoms with Crippen molar-refractivity contribution in [1.29, 1.82) is 15.8 Å². The van der Waals surface area contributed by atoms with Crippen molar-refractivity contribution in [3.8, 4) is 62.7 Å². The van der Waals surface area contributed by atoms with Crippen LogP contribution >= 0.6 is 15.9 Å². The molecule has 0 fully saturated rings. The maximum Gasteiger partial charge on any atom is 0.153 e. The molecule has 6 N–H and O–H groups in total. The van der Waals surface area contributed by atoms with Gasteiger partial charge in [0, 0.05) is 73.3 Å². The standard InChI is InChI=1S/C31H28N4.C18H17BrN2.C18H20N4.C18H19N3/c1-2-35-19-18-27-28(23-12-6-3-7-13-23)20-26(21-32)31(29(27)22-35)34-33-30(24-14-8-4-9-15-24)25-16-10-5-11-17-25;1-2-21-9-8-15-16(13-6-4-3-5-7-13)10-14(11-20)18(19)17(15)12-21;1-2-22-9-8-13-14(12-6-4-3-5-7-12)10-15-17(16(13)11-22)20-21-18(15)19;1-2-21-9-8-15-16(13-6-4-3-5-7-13)10-14(11-19)18(20)17(15)12-21/h3-17,20,34H,2,18-19,22H2,1H3;3-7,10H,2,8-9,12H2,1H3;3-7,10H,2,8-9,11H2,1H3,(H3,19,20,21);3-7,10H,2,8-9,12,20H2,1H3. The van der Waals surface area contributed by atoms with Gasteiger partial charge in [0.2, 0.25) is 0 Å². The molecule has 0 unspecified atom stereocenters. The number of aromatic nitrogens is 2. The number of likely N-dealkylation sites (N-methyl/N-ethyl adjacent to an activating group) is 4. The van der Waals surface area contributed by atoms with E-state index in [0.717, 1.165) is 176 Å². The number of hydrogen-bond acceptors (Lipinski definition) is 12. The van der Waals surface area contributed by atoms with E-state index in [0.29, 0.717) is 22.6 Å². The highest BCUT2D eigenvalue weighted by Gasteiger charge is 2.28. The molecule has 4 aliphatic heterocycles. The van der Waals surface area contributed by atoms with E-state index in [2.05, 4.69) is 218 Å². The van der Waals surface area contributed by atoms with Crippen molar-refractivity contribution in [3.63, 3.8) is 0 Å². The Hall–Kier alpha value is -10.5. The molecule has 0 amide bonds. The number of aromatic amines is 1. The lowest BCUT2D eigenvalue weighted by molar-refractivity contribution is 0.267. The average molecular weight is 1370 g/mol. The summed E-state index contributed by atoms with van der Waals surface area (Å²) in [5.74, 6) is 0.587. The molecule has 0 aliphatic carbocycles. The van der Waals surface area contributed by atoms with Crippen LogP contribution in [0.4, 0.5) is 17.2 Å². The zero-order valence-electron chi connectivity index (χ0n) is 57.0. The molecule has 15 rings (SSSR count). The Morgan fingerprint density at radius 2 is 0.788 bits per heavy atom. The molecule has 4 aliphatic rings. The van der Waals surface area contributed by atoms with Gasteiger partial charge in [-0.3, -0.25) is 30.1 Å². The van der Waals surface area contributed by atoms with Gasteiger partial charge in [0.1, 0.15) is 18.2 Å². The van der Waals surface area contributed by atoms with Gasteiger partial charge in [0.05, 0.1) is 39.3 Å². The molecule has 13 nitrogen and oxygen atoms in total. The number of anilines is 3. The molecule has 0 atom stereocenters. The van der Waals surface area contributed by atoms with Gasteiger partial charge in [-0.25, -0.2) is 0 Å². The molecule has 10 aromatic carbocycles. The Balaban J connectivity index is 0.000000129. The summed E-state index contributed by atoms with van der Waals surface area (Å²) < 4.78 is 0.970. The maximum atomic E-state index is 10.2. The molecule has 0 spiro atoms. The number of nitrogens with two attached hydrogens (primary N) is 2. The van der Waals surface area contributed by atoms with Crippen LogP contribution in [-0.2, 0) is 51.9 Å². The van der Waals surface area contributed by atoms with E-state index in [9.17, 15) is 15.8 Å². The number of nitrogens with one attached hydrogen (secondary N) is 2. The molecule has 0 radical (unpaired) electrons. The number of fused-ring (bicyclic) bond motifs is 6. The molecule has 1 aromatic heterocycles. The number of rotatable bonds is 12. The van der Waals surface area contributed by atoms with E-state index < -0.39 is 0 Å². The van der Waals surface area contributed by atoms with Crippen molar-refractivity contribution in [2.24, 2.45) is 5.10 Å². The van der Waals surface area contributed by atoms with E-state index in [1.807, 2.05) is 84.9 Å². The average Bonchev–Trinajstić information content (AvgIpc) is 1.50. The monoisotopic (exact) mass is 1370 g/mol. The fourth-order valence-electron chi connectivity index (χ4n) is 14.3. The quantitative estimate of drug-likeness (QED) is 0.0517. The van der Waals surface area contributed by atoms with E-state index in [-0.39, 0.29) is 0 Å². The minimum atomic E-state index is 0.587. The van der Waals surface area contributed by atoms with Crippen LogP contribution in [0, 0.1) is 34.0 Å². The van der Waals surface area contributed by atoms with Crippen molar-refractivity contribution >= 4 is 49.7 Å². The summed E-state index contributed by atoms with van der Waals surface area (Å²) >= 11 is 3.64. The highest BCUT2D eigenvalue weighted by atomic mass is 79.9. The Labute approximate surface area is 591 Å². The Kier molecular flexibility index (Phi) is 22.3. The van der Waals surface area contributed by atoms with Crippen molar-refractivity contribution in [3.05, 3.63) is 283 Å². The van der Waals surface area contributed by atoms with E-state index in [1.165, 1.54) is 61.2 Å². The van der Waals surface area contributed by atoms with Gasteiger partial charge in [0.25, 0.3) is 0 Å². The first kappa shape index (κ1) is 68.5. The summed E-state index contributed by atoms with van der Waals surface area (Å²) in [5.41, 5.74) is 43.0. The zero-order valence-corrected chi connectivity index (χ0v) is 58.6. The van der Waals surface area contributed by atoms with Gasteiger partial charge >= 0.3 is 0 Å². The van der Waals surface area contributed by atoms with Crippen molar-refractivity contribution in [2.75, 3.05) is 69.3 Å². The summed E-state index contributed by atoms with van der Waals surface area (Å²) in [4.78, 5) is 9.67. The van der Waals surface area contributed by atoms with Crippen molar-refractivity contribution < 1.29 is 0 Å². The predicted molar refractivity (Wildman–Crippen MR) is 409 cm³/mol. The molecule has 0 bridgehead atoms. The number of hydrazone groups is 1. The lowest BCUT2D eigenvalue weighted by Crippen LogP contribution is -2.31. The van der Waals surface area contributed by atoms with Gasteiger partial charge < -0.3 is 11.5 Å². The lowest BCUT2D eigenvalue weighted by atomic mass is 9.87. The smallest absolute Gasteiger partial charge is 0.153 e. The van der Waals surface area contributed by atoms with Crippen LogP contribution < -0.4 is 16.9 Å². The zero-order chi connectivity index (χ0) is 68.8. The second-order valence-corrected chi connectivity index (χ2v) is 26.2. The molecular weight excluding hydrogens is 1280 g/mol. The first-order valence-electron chi connectivity index (χ1n) is 34.6. The third-order valence-corrected chi connectivity index (χ3v) is 20.7. The lowest BCUT2D eigenvalue weighted by Gasteiger charge is -2.31. The summed E-state index contributed by atoms with van der Waals surface area (Å²) in [6.07, 6.45) is 4.05. The topological polar surface area (TPSA) is 189 Å². The normalized spacial score (nSPS) is 14.1. The predicted octanol–water partition coefficient (Wildman–Crippen LogP) is 17.2. The minimum Gasteiger partial charge on any atom is -0.397 e. The summed E-state index contributed by atoms with van der Waals surface area (Å²) in [5, 5.41) is 42.3. The fraction of sp³-hybridized carbons (Fsp3) is 0.235. The van der Waals surface area contributed by atoms with Crippen LogP contribution in [0.15, 0.2) is 216 Å². The number of benzene rings is 10. The van der Waals surface area contributed by atoms with Gasteiger partial charge in [-0.05, 0) is 181 Å². The van der Waals surface area contributed by atoms with Crippen LogP contribution in [-0.4, -0.2) is 87.9 Å². The van der Waals surface area contributed by atoms with E-state index >= 15 is 0 Å². The summed E-state index contributed by atoms with van der Waals surface area (Å²) in [6.45, 7) is 20.6. The number of nitrogens with zero attached hydrogens (tertiary/aromatic N) is 9. The number of H-pyrrole nitrogens is 1. The van der Waals surface area contributed by atoms with Crippen molar-refractivity contribution in [2.45, 2.75) is 79.6 Å². The second kappa shape index (κ2) is 32.3. The maximum absolute atomic E-state index is 10.2. The van der Waals surface area contributed by atoms with Gasteiger partial charge in [-0.2, -0.15) is 26.0 Å². The Morgan fingerprint density at radius 1 is 0.444 bits per heavy atom. The largest absolute Gasteiger partial charge is 0.397 e. The Morgan fingerprint density at radius 3 is 1.21 bits per heavy atom. The van der Waals surface area contributed by atoms with E-state index in [4.69, 9.17) is 16.6 Å². The van der Waals surface area contributed by atoms with Gasteiger partial charge in [-0.1, -0.05) is 210 Å². The highest BCUT2D eigenvalue weighted by molar-refractivity contribution is 9.10. The van der Waals surface area contributed by atoms with E-state index in [1.54, 1.807) is 0 Å². The first-order valence-corrected chi connectivity index (χ1v) is 35.3. The molecule has 0 saturated carbocycles. The molecule has 5 heterocycles. The minimum absolute atomic E-state index is 0.587. The SMILES string of the molecule is CCN1CCc2c(-c3ccccc3)cc(C#N)c(Br)c2C1.CCN1CCc2c(-c3ccccc3)cc(C#N)c(N)c2C1.CCN1CCc2c(-c3ccccc3)cc(C#N)c(NN=C(c3ccccc3)c3ccccc3)c2C1.CCN1CCc2c(-c3ccccc3)cc3c(N)n[nH]c3c2C1.